The fourth-order valence-corrected chi connectivity index (χ4v) is 15.0. The van der Waals surface area contributed by atoms with Gasteiger partial charge in [-0.05, 0) is 0 Å². The number of hydrogen-bond donors (Lipinski definition) is 0. The van der Waals surface area contributed by atoms with Crippen LogP contribution in [0.1, 0.15) is 35.5 Å². The minimum Gasteiger partial charge on any atom is -1.00 e. The Hall–Kier alpha value is -0.530. The third kappa shape index (κ3) is 4.42. The molecule has 1 atom stereocenters. The van der Waals surface area contributed by atoms with Crippen molar-refractivity contribution in [3.8, 4) is 11.1 Å². The van der Waals surface area contributed by atoms with E-state index in [0.717, 1.165) is 0 Å². The van der Waals surface area contributed by atoms with Gasteiger partial charge in [0.15, 0.2) is 0 Å². The standard InChI is InChI=1S/C13H9.C9H15Si.C3H6.2ClH.Zr/c1-3-7-12-10(5-1)9-11-6-2-4-8-13(11)12;1-8-5-6-9(7-8)10(2,3)4;1-3-2;;;/h1-9H;6-8H,1-4H3;1-2H3;2*1H;/q;;;;;+2/p-2. The van der Waals surface area contributed by atoms with Gasteiger partial charge in [-0.15, -0.1) is 0 Å². The molecule has 29 heavy (non-hydrogen) atoms. The monoisotopic (exact) mass is 518 g/mol. The van der Waals surface area contributed by atoms with Crippen LogP contribution in [0.15, 0.2) is 69.2 Å². The Bertz CT molecular complexity index is 962. The summed E-state index contributed by atoms with van der Waals surface area (Å²) in [5.74, 6) is 0.621. The average Bonchev–Trinajstić information content (AvgIpc) is 3.15. The maximum absolute atomic E-state index is 2.65. The number of benzene rings is 2. The topological polar surface area (TPSA) is 0 Å². The molecule has 152 valence electrons. The first-order valence-electron chi connectivity index (χ1n) is 10.1. The molecular formula is C25H30Cl2SiZr. The van der Waals surface area contributed by atoms with Crippen molar-refractivity contribution < 1.29 is 46.1 Å². The van der Waals surface area contributed by atoms with Crippen molar-refractivity contribution >= 4 is 11.3 Å². The summed E-state index contributed by atoms with van der Waals surface area (Å²) < 4.78 is 4.16. The summed E-state index contributed by atoms with van der Waals surface area (Å²) in [5.41, 5.74) is 6.12. The Labute approximate surface area is 197 Å². The maximum Gasteiger partial charge on any atom is -1.00 e. The fourth-order valence-electron chi connectivity index (χ4n) is 4.71. The van der Waals surface area contributed by atoms with Crippen molar-refractivity contribution in [2.24, 2.45) is 5.92 Å². The molecule has 0 nitrogen and oxygen atoms in total. The molecule has 4 heteroatoms. The van der Waals surface area contributed by atoms with Crippen molar-refractivity contribution in [2.75, 3.05) is 0 Å². The molecule has 0 aromatic heterocycles. The van der Waals surface area contributed by atoms with E-state index in [4.69, 9.17) is 0 Å². The van der Waals surface area contributed by atoms with Crippen LogP contribution in [0, 0.1) is 5.92 Å². The second kappa shape index (κ2) is 9.31. The predicted octanol–water partition coefficient (Wildman–Crippen LogP) is 0.932. The summed E-state index contributed by atoms with van der Waals surface area (Å²) in [6.45, 7) is 14.7. The molecular weight excluding hydrogens is 490 g/mol. The van der Waals surface area contributed by atoms with Crippen LogP contribution in [-0.4, -0.2) is 11.3 Å². The van der Waals surface area contributed by atoms with Crippen LogP contribution in [0.25, 0.3) is 11.1 Å². The molecule has 2 aliphatic rings. The molecule has 0 radical (unpaired) electrons. The Balaban J connectivity index is 0.00000150. The van der Waals surface area contributed by atoms with Crippen molar-refractivity contribution in [1.29, 1.82) is 0 Å². The molecule has 0 spiro atoms. The Morgan fingerprint density at radius 1 is 0.828 bits per heavy atom. The number of hydrogen-bond acceptors (Lipinski definition) is 0. The van der Waals surface area contributed by atoms with Crippen LogP contribution in [0.5, 0.6) is 0 Å². The maximum atomic E-state index is 2.65. The van der Waals surface area contributed by atoms with E-state index in [0.29, 0.717) is 9.54 Å². The zero-order chi connectivity index (χ0) is 19.3. The van der Waals surface area contributed by atoms with Crippen molar-refractivity contribution in [3.05, 3.63) is 80.3 Å². The fraction of sp³-hybridized carbons (Fsp3) is 0.320. The zero-order valence-corrected chi connectivity index (χ0v) is 23.2. The van der Waals surface area contributed by atoms with Crippen molar-refractivity contribution in [2.45, 2.75) is 44.0 Å². The summed E-state index contributed by atoms with van der Waals surface area (Å²) in [7, 11) is -1.26. The van der Waals surface area contributed by atoms with E-state index in [1.165, 1.54) is 11.1 Å². The molecule has 0 aliphatic heterocycles. The van der Waals surface area contributed by atoms with E-state index in [9.17, 15) is 0 Å². The minimum atomic E-state index is -2.04. The summed E-state index contributed by atoms with van der Waals surface area (Å²) in [5, 5.41) is 1.67. The normalized spacial score (nSPS) is 17.1. The first kappa shape index (κ1) is 24.7. The Morgan fingerprint density at radius 2 is 1.31 bits per heavy atom. The van der Waals surface area contributed by atoms with Crippen LogP contribution >= 0.6 is 0 Å². The summed E-state index contributed by atoms with van der Waals surface area (Å²) >= 11 is -2.04. The van der Waals surface area contributed by atoms with E-state index in [-0.39, 0.29) is 24.8 Å². The van der Waals surface area contributed by atoms with E-state index < -0.39 is 29.3 Å². The molecule has 0 N–H and O–H groups in total. The molecule has 2 aliphatic carbocycles. The Kier molecular flexibility index (Phi) is 7.94. The second-order valence-electron chi connectivity index (χ2n) is 9.28. The summed E-state index contributed by atoms with van der Waals surface area (Å²) in [6.07, 6.45) is 5.25. The van der Waals surface area contributed by atoms with Gasteiger partial charge in [0, 0.05) is 0 Å². The summed E-state index contributed by atoms with van der Waals surface area (Å²) in [6, 6.07) is 18.3. The molecule has 0 bridgehead atoms. The third-order valence-corrected chi connectivity index (χ3v) is 16.7. The Morgan fingerprint density at radius 3 is 1.72 bits per heavy atom. The van der Waals surface area contributed by atoms with Gasteiger partial charge in [0.1, 0.15) is 0 Å². The zero-order valence-electron chi connectivity index (χ0n) is 18.2. The van der Waals surface area contributed by atoms with Gasteiger partial charge in [-0.3, -0.25) is 0 Å². The molecule has 4 rings (SSSR count). The van der Waals surface area contributed by atoms with Gasteiger partial charge in [0.2, 0.25) is 0 Å². The molecule has 0 saturated heterocycles. The van der Waals surface area contributed by atoms with Crippen LogP contribution in [0.2, 0.25) is 19.6 Å². The van der Waals surface area contributed by atoms with Gasteiger partial charge in [0.05, 0.1) is 0 Å². The van der Waals surface area contributed by atoms with Gasteiger partial charge in [0.25, 0.3) is 0 Å². The SMILES string of the molecule is C[C](C)=[Zr+2]([C]1=CC([Si](C)(C)C)=CC1C)[CH]1c2ccccc2-c2ccccc21.[Cl-].[Cl-]. The summed E-state index contributed by atoms with van der Waals surface area (Å²) in [4.78, 5) is 0. The van der Waals surface area contributed by atoms with Gasteiger partial charge in [-0.25, -0.2) is 0 Å². The largest absolute Gasteiger partial charge is 1.00 e. The molecule has 2 aromatic rings. The van der Waals surface area contributed by atoms with Gasteiger partial charge in [-0.2, -0.15) is 0 Å². The van der Waals surface area contributed by atoms with Gasteiger partial charge >= 0.3 is 174 Å². The first-order chi connectivity index (χ1) is 12.8. The minimum absolute atomic E-state index is 0. The molecule has 0 heterocycles. The smallest absolute Gasteiger partial charge is 1.00 e. The van der Waals surface area contributed by atoms with Crippen LogP contribution in [0.3, 0.4) is 0 Å². The molecule has 2 aromatic carbocycles. The second-order valence-corrected chi connectivity index (χ2v) is 21.7. The average molecular weight is 521 g/mol. The number of halogens is 2. The van der Waals surface area contributed by atoms with E-state index in [1.807, 2.05) is 3.28 Å². The molecule has 0 amide bonds. The van der Waals surface area contributed by atoms with E-state index in [1.54, 1.807) is 19.5 Å². The molecule has 0 fully saturated rings. The van der Waals surface area contributed by atoms with Crippen LogP contribution in [-0.2, 0) is 21.3 Å². The van der Waals surface area contributed by atoms with Crippen molar-refractivity contribution in [3.63, 3.8) is 0 Å². The molecule has 0 saturated carbocycles. The van der Waals surface area contributed by atoms with Gasteiger partial charge < -0.3 is 24.8 Å². The van der Waals surface area contributed by atoms with Crippen LogP contribution < -0.4 is 24.8 Å². The van der Waals surface area contributed by atoms with E-state index in [2.05, 4.69) is 101 Å². The number of allylic oxidation sites excluding steroid dienone is 4. The van der Waals surface area contributed by atoms with Crippen molar-refractivity contribution in [1.82, 2.24) is 0 Å². The third-order valence-electron chi connectivity index (χ3n) is 6.07. The molecule has 1 unspecified atom stereocenters. The quantitative estimate of drug-likeness (QED) is 0.529. The predicted molar refractivity (Wildman–Crippen MR) is 119 cm³/mol. The number of rotatable bonds is 3. The first-order valence-corrected chi connectivity index (χ1v) is 17.5. The van der Waals surface area contributed by atoms with Gasteiger partial charge in [-0.1, -0.05) is 0 Å². The number of fused-ring (bicyclic) bond motifs is 3. The van der Waals surface area contributed by atoms with E-state index >= 15 is 0 Å². The van der Waals surface area contributed by atoms with Crippen LogP contribution in [0.4, 0.5) is 0 Å².